The minimum atomic E-state index is -0.387. The molecule has 0 saturated carbocycles. The molecule has 3 aromatic heterocycles. The van der Waals surface area contributed by atoms with Crippen molar-refractivity contribution in [1.29, 1.82) is 0 Å². The predicted octanol–water partition coefficient (Wildman–Crippen LogP) is 3.95. The Morgan fingerprint density at radius 1 is 1.25 bits per heavy atom. The molecule has 4 rings (SSSR count). The molecule has 0 saturated heterocycles. The number of aromatic nitrogens is 3. The van der Waals surface area contributed by atoms with E-state index in [0.717, 1.165) is 33.3 Å². The first-order valence-electron chi connectivity index (χ1n) is 11.2. The summed E-state index contributed by atoms with van der Waals surface area (Å²) in [6, 6.07) is 9.42. The topological polar surface area (TPSA) is 127 Å². The third-order valence-corrected chi connectivity index (χ3v) is 6.04. The number of pyridine rings is 2. The summed E-state index contributed by atoms with van der Waals surface area (Å²) in [6.07, 6.45) is 5.37. The van der Waals surface area contributed by atoms with Crippen molar-refractivity contribution >= 4 is 52.7 Å². The molecule has 0 unspecified atom stereocenters. The molecule has 0 aliphatic heterocycles. The summed E-state index contributed by atoms with van der Waals surface area (Å²) in [7, 11) is 1.70. The molecule has 4 N–H and O–H groups in total. The van der Waals surface area contributed by atoms with E-state index in [1.165, 1.54) is 6.34 Å². The molecule has 36 heavy (non-hydrogen) atoms. The predicted molar refractivity (Wildman–Crippen MR) is 142 cm³/mol. The first-order valence-corrected chi connectivity index (χ1v) is 11.6. The number of anilines is 1. The molecule has 1 aromatic carbocycles. The van der Waals surface area contributed by atoms with Gasteiger partial charge in [-0.05, 0) is 54.8 Å². The number of hydrogen-bond donors (Lipinski definition) is 3. The summed E-state index contributed by atoms with van der Waals surface area (Å²) in [4.78, 5) is 38.2. The van der Waals surface area contributed by atoms with Gasteiger partial charge in [-0.25, -0.2) is 9.98 Å². The van der Waals surface area contributed by atoms with Gasteiger partial charge in [-0.15, -0.1) is 0 Å². The SMILES string of the molecule is CN/C=N\c1c(C=O)c(C(=O)NCc2c(C)cc(N)nc2C)cn1Cc1ccc2ncc(Cl)cc2c1. The number of nitrogens with two attached hydrogens (primary N) is 1. The highest BCUT2D eigenvalue weighted by atomic mass is 35.5. The van der Waals surface area contributed by atoms with Crippen LogP contribution < -0.4 is 16.4 Å². The van der Waals surface area contributed by atoms with Gasteiger partial charge in [-0.1, -0.05) is 17.7 Å². The van der Waals surface area contributed by atoms with Crippen molar-refractivity contribution in [3.05, 3.63) is 81.3 Å². The number of carbonyl (C=O) groups excluding carboxylic acids is 2. The lowest BCUT2D eigenvalue weighted by molar-refractivity contribution is 0.0945. The molecule has 0 aliphatic rings. The summed E-state index contributed by atoms with van der Waals surface area (Å²) in [5.41, 5.74) is 10.5. The van der Waals surface area contributed by atoms with Crippen LogP contribution in [0.25, 0.3) is 10.9 Å². The van der Waals surface area contributed by atoms with Gasteiger partial charge in [-0.2, -0.15) is 0 Å². The maximum atomic E-state index is 13.2. The van der Waals surface area contributed by atoms with E-state index in [0.29, 0.717) is 29.5 Å². The zero-order chi connectivity index (χ0) is 25.8. The average Bonchev–Trinajstić information content (AvgIpc) is 3.18. The van der Waals surface area contributed by atoms with Crippen LogP contribution in [0.3, 0.4) is 0 Å². The molecule has 0 bridgehead atoms. The average molecular weight is 504 g/mol. The number of halogens is 1. The van der Waals surface area contributed by atoms with Crippen molar-refractivity contribution in [2.45, 2.75) is 26.9 Å². The Labute approximate surface area is 213 Å². The lowest BCUT2D eigenvalue weighted by Gasteiger charge is -2.11. The van der Waals surface area contributed by atoms with Crippen LogP contribution in [-0.4, -0.2) is 40.1 Å². The first-order chi connectivity index (χ1) is 17.3. The number of fused-ring (bicyclic) bond motifs is 1. The second kappa shape index (κ2) is 10.6. The second-order valence-electron chi connectivity index (χ2n) is 8.36. The molecule has 1 amide bonds. The van der Waals surface area contributed by atoms with Crippen molar-refractivity contribution in [3.63, 3.8) is 0 Å². The van der Waals surface area contributed by atoms with Crippen LogP contribution in [0, 0.1) is 13.8 Å². The number of carbonyl (C=O) groups is 2. The molecule has 0 atom stereocenters. The molecule has 0 aliphatic carbocycles. The van der Waals surface area contributed by atoms with Crippen molar-refractivity contribution in [2.24, 2.45) is 4.99 Å². The highest BCUT2D eigenvalue weighted by Crippen LogP contribution is 2.27. The number of benzene rings is 1. The summed E-state index contributed by atoms with van der Waals surface area (Å²) >= 11 is 6.11. The zero-order valence-corrected chi connectivity index (χ0v) is 20.9. The number of aliphatic imine (C=N–C) groups is 1. The third-order valence-electron chi connectivity index (χ3n) is 5.83. The maximum absolute atomic E-state index is 13.2. The monoisotopic (exact) mass is 503 g/mol. The van der Waals surface area contributed by atoms with E-state index in [1.54, 1.807) is 30.1 Å². The number of hydrogen-bond acceptors (Lipinski definition) is 6. The smallest absolute Gasteiger partial charge is 0.253 e. The third kappa shape index (κ3) is 5.21. The number of nitrogens with zero attached hydrogens (tertiary/aromatic N) is 4. The van der Waals surface area contributed by atoms with Crippen LogP contribution in [0.1, 0.15) is 43.1 Å². The summed E-state index contributed by atoms with van der Waals surface area (Å²) < 4.78 is 1.77. The van der Waals surface area contributed by atoms with E-state index >= 15 is 0 Å². The van der Waals surface area contributed by atoms with Crippen LogP contribution in [0.15, 0.2) is 47.7 Å². The minimum Gasteiger partial charge on any atom is -0.384 e. The Morgan fingerprint density at radius 2 is 2.06 bits per heavy atom. The van der Waals surface area contributed by atoms with Gasteiger partial charge in [0, 0.05) is 43.6 Å². The molecule has 9 nitrogen and oxygen atoms in total. The van der Waals surface area contributed by atoms with Crippen molar-refractivity contribution in [1.82, 2.24) is 25.2 Å². The van der Waals surface area contributed by atoms with Gasteiger partial charge in [0.05, 0.1) is 28.0 Å². The fraction of sp³-hybridized carbons (Fsp3) is 0.192. The van der Waals surface area contributed by atoms with E-state index in [9.17, 15) is 9.59 Å². The van der Waals surface area contributed by atoms with Gasteiger partial charge in [-0.3, -0.25) is 14.6 Å². The normalized spacial score (nSPS) is 11.2. The molecule has 0 fully saturated rings. The van der Waals surface area contributed by atoms with E-state index in [2.05, 4.69) is 25.6 Å². The molecule has 10 heteroatoms. The van der Waals surface area contributed by atoms with E-state index < -0.39 is 0 Å². The molecule has 4 aromatic rings. The van der Waals surface area contributed by atoms with E-state index in [4.69, 9.17) is 17.3 Å². The Bertz CT molecular complexity index is 1470. The first kappa shape index (κ1) is 24.9. The fourth-order valence-electron chi connectivity index (χ4n) is 4.12. The zero-order valence-electron chi connectivity index (χ0n) is 20.2. The minimum absolute atomic E-state index is 0.202. The van der Waals surface area contributed by atoms with Crippen molar-refractivity contribution in [3.8, 4) is 0 Å². The van der Waals surface area contributed by atoms with Gasteiger partial charge >= 0.3 is 0 Å². The van der Waals surface area contributed by atoms with Crippen LogP contribution in [-0.2, 0) is 13.1 Å². The van der Waals surface area contributed by atoms with Crippen LogP contribution in [0.2, 0.25) is 5.02 Å². The number of nitrogen functional groups attached to an aromatic ring is 1. The molecule has 0 radical (unpaired) electrons. The molecular formula is C26H26ClN7O2. The Balaban J connectivity index is 1.66. The highest BCUT2D eigenvalue weighted by molar-refractivity contribution is 6.31. The summed E-state index contributed by atoms with van der Waals surface area (Å²) in [5, 5.41) is 7.17. The standard InChI is InChI=1S/C26H26ClN7O2/c1-15-6-24(28)33-16(2)20(15)10-31-26(36)21-12-34(25(22(21)13-35)32-14-29-3)11-17-4-5-23-18(7-17)8-19(27)9-30-23/h4-9,12-14H,10-11H2,1-3H3,(H2,28,33)(H,29,32)(H,31,36). The van der Waals surface area contributed by atoms with Crippen LogP contribution in [0.5, 0.6) is 0 Å². The molecule has 3 heterocycles. The van der Waals surface area contributed by atoms with Crippen molar-refractivity contribution in [2.75, 3.05) is 12.8 Å². The summed E-state index contributed by atoms with van der Waals surface area (Å²) in [6.45, 7) is 4.39. The highest BCUT2D eigenvalue weighted by Gasteiger charge is 2.21. The molecule has 0 spiro atoms. The molecule has 184 valence electrons. The van der Waals surface area contributed by atoms with Gasteiger partial charge in [0.2, 0.25) is 0 Å². The largest absolute Gasteiger partial charge is 0.384 e. The maximum Gasteiger partial charge on any atom is 0.253 e. The molecular weight excluding hydrogens is 478 g/mol. The quantitative estimate of drug-likeness (QED) is 0.190. The van der Waals surface area contributed by atoms with Crippen LogP contribution in [0.4, 0.5) is 11.6 Å². The Kier molecular flexibility index (Phi) is 7.30. The number of nitrogens with one attached hydrogen (secondary N) is 2. The van der Waals surface area contributed by atoms with Gasteiger partial charge in [0.15, 0.2) is 6.29 Å². The number of rotatable bonds is 8. The van der Waals surface area contributed by atoms with Crippen molar-refractivity contribution < 1.29 is 9.59 Å². The Morgan fingerprint density at radius 3 is 2.78 bits per heavy atom. The number of aryl methyl sites for hydroxylation is 2. The lowest BCUT2D eigenvalue weighted by Crippen LogP contribution is -2.24. The van der Waals surface area contributed by atoms with Gasteiger partial charge < -0.3 is 20.9 Å². The van der Waals surface area contributed by atoms with E-state index in [-0.39, 0.29) is 23.6 Å². The summed E-state index contributed by atoms with van der Waals surface area (Å²) in [5.74, 6) is 0.413. The van der Waals surface area contributed by atoms with E-state index in [1.807, 2.05) is 38.1 Å². The lowest BCUT2D eigenvalue weighted by atomic mass is 10.1. The number of aldehydes is 1. The second-order valence-corrected chi connectivity index (χ2v) is 8.80. The van der Waals surface area contributed by atoms with Crippen LogP contribution >= 0.6 is 11.6 Å². The van der Waals surface area contributed by atoms with Gasteiger partial charge in [0.25, 0.3) is 5.91 Å². The Hall–Kier alpha value is -4.24. The van der Waals surface area contributed by atoms with Gasteiger partial charge in [0.1, 0.15) is 11.6 Å². The fourth-order valence-corrected chi connectivity index (χ4v) is 4.28. The number of amides is 1.